The highest BCUT2D eigenvalue weighted by atomic mass is 35.5. The number of carbonyl (C=O) groups is 1. The van der Waals surface area contributed by atoms with E-state index in [0.717, 1.165) is 32.8 Å². The number of carbonyl (C=O) groups excluding carboxylic acids is 1. The fourth-order valence-electron chi connectivity index (χ4n) is 2.15. The number of rotatable bonds is 7. The first kappa shape index (κ1) is 18.8. The molecule has 2 aromatic carbocycles. The molecule has 26 heavy (non-hydrogen) atoms. The van der Waals surface area contributed by atoms with Gasteiger partial charge in [0.1, 0.15) is 17.4 Å². The van der Waals surface area contributed by atoms with E-state index in [2.05, 4.69) is 15.7 Å². The molecule has 4 nitrogen and oxygen atoms in total. The molecule has 0 bridgehead atoms. The Morgan fingerprint density at radius 1 is 1.19 bits per heavy atom. The van der Waals surface area contributed by atoms with E-state index < -0.39 is 0 Å². The van der Waals surface area contributed by atoms with E-state index in [-0.39, 0.29) is 5.91 Å². The van der Waals surface area contributed by atoms with Gasteiger partial charge in [-0.1, -0.05) is 11.6 Å². The van der Waals surface area contributed by atoms with Gasteiger partial charge in [-0.3, -0.25) is 4.79 Å². The van der Waals surface area contributed by atoms with Crippen LogP contribution < -0.4 is 10.1 Å². The van der Waals surface area contributed by atoms with Gasteiger partial charge in [0, 0.05) is 33.7 Å². The smallest absolute Gasteiger partial charge is 0.221 e. The predicted octanol–water partition coefficient (Wildman–Crippen LogP) is 5.63. The number of hydrogen-bond donors (Lipinski definition) is 1. The normalized spacial score (nSPS) is 10.5. The Kier molecular flexibility index (Phi) is 6.55. The zero-order chi connectivity index (χ0) is 18.4. The molecule has 134 valence electrons. The molecule has 0 fully saturated rings. The number of amides is 1. The van der Waals surface area contributed by atoms with E-state index in [1.54, 1.807) is 35.2 Å². The summed E-state index contributed by atoms with van der Waals surface area (Å²) in [4.78, 5) is 16.8. The highest BCUT2D eigenvalue weighted by molar-refractivity contribution is 7.98. The van der Waals surface area contributed by atoms with Gasteiger partial charge in [0.2, 0.25) is 5.91 Å². The fraction of sp³-hybridized carbons (Fsp3) is 0.158. The molecule has 1 heterocycles. The molecular weight excluding hydrogens is 388 g/mol. The molecule has 3 rings (SSSR count). The molecule has 1 N–H and O–H groups in total. The fourth-order valence-corrected chi connectivity index (χ4v) is 3.88. The molecule has 1 aromatic heterocycles. The van der Waals surface area contributed by atoms with Crippen molar-refractivity contribution in [2.24, 2.45) is 0 Å². The minimum atomic E-state index is -0.0683. The third-order valence-corrected chi connectivity index (χ3v) is 5.51. The van der Waals surface area contributed by atoms with Crippen molar-refractivity contribution in [3.63, 3.8) is 0 Å². The minimum Gasteiger partial charge on any atom is -0.486 e. The van der Waals surface area contributed by atoms with Gasteiger partial charge >= 0.3 is 0 Å². The molecule has 0 aliphatic heterocycles. The third-order valence-electron chi connectivity index (χ3n) is 3.34. The third kappa shape index (κ3) is 5.76. The number of nitrogens with one attached hydrogen (secondary N) is 1. The van der Waals surface area contributed by atoms with Crippen molar-refractivity contribution in [1.82, 2.24) is 4.98 Å². The zero-order valence-electron chi connectivity index (χ0n) is 14.1. The van der Waals surface area contributed by atoms with Gasteiger partial charge in [0.25, 0.3) is 0 Å². The molecule has 0 aliphatic rings. The number of thioether (sulfide) groups is 1. The molecule has 3 aromatic rings. The van der Waals surface area contributed by atoms with Crippen molar-refractivity contribution in [3.8, 4) is 5.75 Å². The average Bonchev–Trinajstić information content (AvgIpc) is 3.08. The van der Waals surface area contributed by atoms with Gasteiger partial charge in [0.05, 0.1) is 5.69 Å². The van der Waals surface area contributed by atoms with Crippen LogP contribution >= 0.6 is 34.7 Å². The molecule has 0 atom stereocenters. The van der Waals surface area contributed by atoms with E-state index in [1.807, 2.05) is 36.4 Å². The molecule has 0 aliphatic carbocycles. The molecule has 0 unspecified atom stereocenters. The summed E-state index contributed by atoms with van der Waals surface area (Å²) in [6.45, 7) is 1.95. The largest absolute Gasteiger partial charge is 0.486 e. The second kappa shape index (κ2) is 9.07. The lowest BCUT2D eigenvalue weighted by atomic mass is 10.3. The molecule has 7 heteroatoms. The molecule has 0 spiro atoms. The van der Waals surface area contributed by atoms with E-state index in [0.29, 0.717) is 11.6 Å². The Bertz CT molecular complexity index is 864. The van der Waals surface area contributed by atoms with Crippen LogP contribution in [-0.4, -0.2) is 10.9 Å². The van der Waals surface area contributed by atoms with Crippen molar-refractivity contribution in [3.05, 3.63) is 69.6 Å². The van der Waals surface area contributed by atoms with Crippen LogP contribution in [-0.2, 0) is 17.2 Å². The van der Waals surface area contributed by atoms with Crippen LogP contribution in [0.3, 0.4) is 0 Å². The number of ether oxygens (including phenoxy) is 1. The number of aromatic nitrogens is 1. The first-order valence-corrected chi connectivity index (χ1v) is 10.1. The van der Waals surface area contributed by atoms with Gasteiger partial charge in [0.15, 0.2) is 0 Å². The summed E-state index contributed by atoms with van der Waals surface area (Å²) in [6, 6.07) is 15.1. The number of hydrogen-bond acceptors (Lipinski definition) is 5. The maximum absolute atomic E-state index is 11.0. The van der Waals surface area contributed by atoms with Crippen LogP contribution in [0.4, 0.5) is 5.69 Å². The summed E-state index contributed by atoms with van der Waals surface area (Å²) in [5.74, 6) is 1.50. The van der Waals surface area contributed by atoms with E-state index in [1.165, 1.54) is 6.92 Å². The van der Waals surface area contributed by atoms with Gasteiger partial charge in [-0.2, -0.15) is 0 Å². The number of benzene rings is 2. The van der Waals surface area contributed by atoms with Gasteiger partial charge < -0.3 is 10.1 Å². The number of anilines is 1. The van der Waals surface area contributed by atoms with Gasteiger partial charge in [-0.15, -0.1) is 23.1 Å². The Morgan fingerprint density at radius 3 is 2.62 bits per heavy atom. The lowest BCUT2D eigenvalue weighted by molar-refractivity contribution is -0.114. The Labute approximate surface area is 165 Å². The highest BCUT2D eigenvalue weighted by Crippen LogP contribution is 2.25. The number of halogens is 1. The standard InChI is InChI=1S/C19H17ClN2O2S2/c1-13(23)21-15-4-8-18(9-5-15)25-11-16-12-26-19(22-16)10-24-17-6-2-14(20)3-7-17/h2-9,12H,10-11H2,1H3,(H,21,23). The van der Waals surface area contributed by atoms with Crippen LogP contribution in [0.5, 0.6) is 5.75 Å². The van der Waals surface area contributed by atoms with E-state index in [9.17, 15) is 4.79 Å². The van der Waals surface area contributed by atoms with E-state index in [4.69, 9.17) is 16.3 Å². The molecule has 0 saturated carbocycles. The van der Waals surface area contributed by atoms with Crippen LogP contribution in [0.2, 0.25) is 5.02 Å². The second-order valence-corrected chi connectivity index (χ2v) is 7.90. The SMILES string of the molecule is CC(=O)Nc1ccc(SCc2csc(COc3ccc(Cl)cc3)n2)cc1. The van der Waals surface area contributed by atoms with E-state index >= 15 is 0 Å². The van der Waals surface area contributed by atoms with Gasteiger partial charge in [-0.25, -0.2) is 4.98 Å². The van der Waals surface area contributed by atoms with Crippen molar-refractivity contribution in [2.75, 3.05) is 5.32 Å². The maximum Gasteiger partial charge on any atom is 0.221 e. The first-order chi connectivity index (χ1) is 12.6. The lowest BCUT2D eigenvalue weighted by Crippen LogP contribution is -2.05. The van der Waals surface area contributed by atoms with Crippen LogP contribution in [0, 0.1) is 0 Å². The van der Waals surface area contributed by atoms with Crippen molar-refractivity contribution in [1.29, 1.82) is 0 Å². The second-order valence-electron chi connectivity index (χ2n) is 5.47. The topological polar surface area (TPSA) is 51.2 Å². The number of thiazole rings is 1. The molecular formula is C19H17ClN2O2S2. The Balaban J connectivity index is 1.48. The van der Waals surface area contributed by atoms with Crippen LogP contribution in [0.25, 0.3) is 0 Å². The quantitative estimate of drug-likeness (QED) is 0.519. The van der Waals surface area contributed by atoms with Crippen molar-refractivity contribution in [2.45, 2.75) is 24.2 Å². The maximum atomic E-state index is 11.0. The molecule has 0 saturated heterocycles. The summed E-state index contributed by atoms with van der Waals surface area (Å²) in [5.41, 5.74) is 1.83. The molecule has 0 radical (unpaired) electrons. The monoisotopic (exact) mass is 404 g/mol. The summed E-state index contributed by atoms with van der Waals surface area (Å²) in [7, 11) is 0. The minimum absolute atomic E-state index is 0.0683. The van der Waals surface area contributed by atoms with Crippen LogP contribution in [0.1, 0.15) is 17.6 Å². The summed E-state index contributed by atoms with van der Waals surface area (Å²) in [6.07, 6.45) is 0. The average molecular weight is 405 g/mol. The zero-order valence-corrected chi connectivity index (χ0v) is 16.5. The van der Waals surface area contributed by atoms with Crippen molar-refractivity contribution < 1.29 is 9.53 Å². The Morgan fingerprint density at radius 2 is 1.92 bits per heavy atom. The molecule has 1 amide bonds. The lowest BCUT2D eigenvalue weighted by Gasteiger charge is -2.04. The summed E-state index contributed by atoms with van der Waals surface area (Å²) in [5, 5.41) is 6.45. The Hall–Kier alpha value is -2.02. The summed E-state index contributed by atoms with van der Waals surface area (Å²) < 4.78 is 5.72. The predicted molar refractivity (Wildman–Crippen MR) is 108 cm³/mol. The summed E-state index contributed by atoms with van der Waals surface area (Å²) >= 11 is 9.16. The first-order valence-electron chi connectivity index (χ1n) is 7.90. The van der Waals surface area contributed by atoms with Crippen molar-refractivity contribution >= 4 is 46.3 Å². The highest BCUT2D eigenvalue weighted by Gasteiger charge is 2.05. The van der Waals surface area contributed by atoms with Gasteiger partial charge in [-0.05, 0) is 48.5 Å². The van der Waals surface area contributed by atoms with Crippen LogP contribution in [0.15, 0.2) is 58.8 Å². The number of nitrogens with zero attached hydrogens (tertiary/aromatic N) is 1.